The SMILES string of the molecule is [2H]SSc1ccccc1CO[C-]=O.[V]. The van der Waals surface area contributed by atoms with Crippen LogP contribution in [0.25, 0.3) is 0 Å². The smallest absolute Gasteiger partial charge is 0.115 e. The van der Waals surface area contributed by atoms with Crippen LogP contribution < -0.4 is 0 Å². The Bertz CT molecular complexity index is 286. The number of hydrogen-bond donors (Lipinski definition) is 1. The largest absolute Gasteiger partial charge is 0.650 e. The number of benzene rings is 1. The first kappa shape index (κ1) is 11.1. The molecule has 0 aromatic heterocycles. The van der Waals surface area contributed by atoms with E-state index in [-0.39, 0.29) is 25.2 Å². The molecular formula is C8H7O2S2V-. The molecule has 0 atom stereocenters. The van der Waals surface area contributed by atoms with Crippen molar-refractivity contribution in [1.29, 1.82) is 1.12 Å². The van der Waals surface area contributed by atoms with Gasteiger partial charge in [0.15, 0.2) is 0 Å². The monoisotopic (exact) mass is 251 g/mol. The first-order valence-corrected chi connectivity index (χ1v) is 4.99. The van der Waals surface area contributed by atoms with Gasteiger partial charge in [-0.15, -0.1) is 11.6 Å². The molecule has 0 aliphatic rings. The van der Waals surface area contributed by atoms with Crippen LogP contribution in [0.1, 0.15) is 5.56 Å². The Kier molecular flexibility index (Phi) is 6.28. The molecule has 0 amide bonds. The molecule has 0 aliphatic heterocycles. The fourth-order valence-electron chi connectivity index (χ4n) is 0.812. The maximum atomic E-state index is 9.85. The summed E-state index contributed by atoms with van der Waals surface area (Å²) in [5, 5.41) is 0. The zero-order chi connectivity index (χ0) is 9.52. The number of thiol groups is 1. The van der Waals surface area contributed by atoms with Crippen molar-refractivity contribution in [3.05, 3.63) is 29.8 Å². The molecular weight excluding hydrogens is 243 g/mol. The van der Waals surface area contributed by atoms with Gasteiger partial charge in [0.25, 0.3) is 0 Å². The topological polar surface area (TPSA) is 26.3 Å². The molecule has 0 aliphatic carbocycles. The van der Waals surface area contributed by atoms with Gasteiger partial charge in [0.05, 0.1) is 6.61 Å². The summed E-state index contributed by atoms with van der Waals surface area (Å²) in [5.41, 5.74) is 0.899. The van der Waals surface area contributed by atoms with E-state index in [1.54, 1.807) is 0 Å². The van der Waals surface area contributed by atoms with Crippen LogP contribution in [-0.4, -0.2) is 7.60 Å². The summed E-state index contributed by atoms with van der Waals surface area (Å²) in [5.74, 6) is 0. The molecule has 69 valence electrons. The molecule has 5 heteroatoms. The average molecular weight is 251 g/mol. The van der Waals surface area contributed by atoms with E-state index < -0.39 is 0 Å². The second-order valence-corrected chi connectivity index (χ2v) is 3.17. The molecule has 13 heavy (non-hydrogen) atoms. The van der Waals surface area contributed by atoms with Gasteiger partial charge in [0, 0.05) is 29.0 Å². The Hall–Kier alpha value is -0.0256. The number of hydrogen-bond acceptors (Lipinski definition) is 4. The minimum atomic E-state index is 0. The van der Waals surface area contributed by atoms with Gasteiger partial charge in [0.2, 0.25) is 0 Å². The second-order valence-electron chi connectivity index (χ2n) is 2.06. The first-order chi connectivity index (χ1) is 6.38. The van der Waals surface area contributed by atoms with Crippen LogP contribution in [0.2, 0.25) is 0 Å². The Labute approximate surface area is 99.2 Å². The van der Waals surface area contributed by atoms with Crippen LogP contribution in [0.15, 0.2) is 29.2 Å². The van der Waals surface area contributed by atoms with Gasteiger partial charge in [-0.2, -0.15) is 0 Å². The molecule has 0 N–H and O–H groups in total. The van der Waals surface area contributed by atoms with Crippen molar-refractivity contribution >= 4 is 28.8 Å². The first-order valence-electron chi connectivity index (χ1n) is 3.66. The third kappa shape index (κ3) is 4.13. The van der Waals surface area contributed by atoms with Crippen molar-refractivity contribution in [3.63, 3.8) is 0 Å². The Morgan fingerprint density at radius 2 is 2.38 bits per heavy atom. The summed E-state index contributed by atoms with van der Waals surface area (Å²) in [6, 6.07) is 7.49. The maximum absolute atomic E-state index is 9.85. The van der Waals surface area contributed by atoms with Crippen molar-refractivity contribution in [2.24, 2.45) is 0 Å². The van der Waals surface area contributed by atoms with Crippen molar-refractivity contribution < 1.29 is 28.1 Å². The molecule has 0 saturated carbocycles. The average Bonchev–Trinajstić information content (AvgIpc) is 2.17. The van der Waals surface area contributed by atoms with Gasteiger partial charge in [-0.1, -0.05) is 35.5 Å². The zero-order valence-corrected chi connectivity index (χ0v) is 9.63. The molecule has 0 fully saturated rings. The van der Waals surface area contributed by atoms with Gasteiger partial charge in [-0.3, -0.25) is 0 Å². The minimum Gasteiger partial charge on any atom is -0.650 e. The maximum Gasteiger partial charge on any atom is 0.115 e. The molecule has 0 bridgehead atoms. The van der Waals surface area contributed by atoms with E-state index in [2.05, 4.69) is 4.74 Å². The fraction of sp³-hybridized carbons (Fsp3) is 0.125. The summed E-state index contributed by atoms with van der Waals surface area (Å²) in [7, 11) is 1.33. The van der Waals surface area contributed by atoms with Gasteiger partial charge >= 0.3 is 0 Å². The van der Waals surface area contributed by atoms with E-state index in [0.717, 1.165) is 22.0 Å². The Morgan fingerprint density at radius 3 is 3.08 bits per heavy atom. The molecule has 1 aromatic rings. The van der Waals surface area contributed by atoms with Crippen molar-refractivity contribution in [3.8, 4) is 0 Å². The molecule has 0 saturated heterocycles. The Balaban J connectivity index is 0.00000169. The third-order valence-electron chi connectivity index (χ3n) is 1.35. The van der Waals surface area contributed by atoms with Gasteiger partial charge < -0.3 is 9.53 Å². The molecule has 1 aromatic carbocycles. The summed E-state index contributed by atoms with van der Waals surface area (Å²) >= 11 is 0.915. The number of carbonyl (C=O) groups excluding carboxylic acids is 1. The molecule has 0 spiro atoms. The van der Waals surface area contributed by atoms with Crippen LogP contribution >= 0.6 is 22.4 Å². The van der Waals surface area contributed by atoms with E-state index in [9.17, 15) is 4.79 Å². The van der Waals surface area contributed by atoms with Crippen LogP contribution in [-0.2, 0) is 34.7 Å². The predicted octanol–water partition coefficient (Wildman–Crippen LogP) is 2.20. The summed E-state index contributed by atoms with van der Waals surface area (Å²) in [6.45, 7) is 1.59. The quantitative estimate of drug-likeness (QED) is 0.493. The number of rotatable bonds is 5. The van der Waals surface area contributed by atoms with Crippen LogP contribution in [0.4, 0.5) is 0 Å². The van der Waals surface area contributed by atoms with Gasteiger partial charge in [-0.05, 0) is 6.07 Å². The van der Waals surface area contributed by atoms with E-state index in [1.165, 1.54) is 17.3 Å². The van der Waals surface area contributed by atoms with E-state index in [4.69, 9.17) is 1.12 Å². The fourth-order valence-corrected chi connectivity index (χ4v) is 1.67. The molecule has 1 radical (unpaired) electrons. The summed E-state index contributed by atoms with van der Waals surface area (Å²) in [4.78, 5) is 10.8. The molecule has 2 nitrogen and oxygen atoms in total. The normalized spacial score (nSPS) is 9.69. The van der Waals surface area contributed by atoms with E-state index in [0.29, 0.717) is 0 Å². The molecule has 1 rings (SSSR count). The summed E-state index contributed by atoms with van der Waals surface area (Å²) in [6.07, 6.45) is 0. The Morgan fingerprint density at radius 1 is 1.62 bits per heavy atom. The van der Waals surface area contributed by atoms with E-state index >= 15 is 0 Å². The van der Waals surface area contributed by atoms with Crippen LogP contribution in [0.5, 0.6) is 0 Å². The van der Waals surface area contributed by atoms with Crippen molar-refractivity contribution in [2.45, 2.75) is 11.5 Å². The van der Waals surface area contributed by atoms with Crippen LogP contribution in [0, 0.1) is 0 Å². The zero-order valence-electron chi connectivity index (χ0n) is 7.60. The van der Waals surface area contributed by atoms with E-state index in [1.807, 2.05) is 24.3 Å². The van der Waals surface area contributed by atoms with Gasteiger partial charge in [-0.25, -0.2) is 0 Å². The molecule has 0 unspecified atom stereocenters. The van der Waals surface area contributed by atoms with Crippen LogP contribution in [0.3, 0.4) is 0 Å². The third-order valence-corrected chi connectivity index (χ3v) is 2.47. The van der Waals surface area contributed by atoms with Crippen molar-refractivity contribution in [2.75, 3.05) is 0 Å². The summed E-state index contributed by atoms with van der Waals surface area (Å²) < 4.78 is 11.5. The minimum absolute atomic E-state index is 0. The molecule has 0 heterocycles. The second kappa shape index (κ2) is 7.38. The number of ether oxygens (including phenoxy) is 1. The van der Waals surface area contributed by atoms with Crippen molar-refractivity contribution in [1.82, 2.24) is 0 Å². The standard InChI is InChI=1S/C8H7O2S2.V/c9-6-10-5-7-3-1-2-4-8(7)12-11;/h1-4,11H,5H2;/q-1;/i/hD. The predicted molar refractivity (Wildman–Crippen MR) is 51.8 cm³/mol. The van der Waals surface area contributed by atoms with Gasteiger partial charge in [0.1, 0.15) is 1.12 Å².